The highest BCUT2D eigenvalue weighted by molar-refractivity contribution is 5.55. The second-order valence-electron chi connectivity index (χ2n) is 6.83. The lowest BCUT2D eigenvalue weighted by atomic mass is 10.2. The average Bonchev–Trinajstić information content (AvgIpc) is 3.31. The van der Waals surface area contributed by atoms with Crippen molar-refractivity contribution in [3.63, 3.8) is 0 Å². The minimum absolute atomic E-state index is 0.0779. The fourth-order valence-corrected chi connectivity index (χ4v) is 3.97. The summed E-state index contributed by atoms with van der Waals surface area (Å²) in [6.07, 6.45) is 12.6. The molecule has 1 saturated heterocycles. The number of aromatic nitrogens is 2. The highest BCUT2D eigenvalue weighted by atomic mass is 19.1. The minimum atomic E-state index is -0.159. The van der Waals surface area contributed by atoms with E-state index in [-0.39, 0.29) is 12.1 Å². The number of hydrogen-bond acceptors (Lipinski definition) is 4. The number of imidazole rings is 1. The van der Waals surface area contributed by atoms with Crippen LogP contribution in [0.3, 0.4) is 0 Å². The highest BCUT2D eigenvalue weighted by Gasteiger charge is 2.39. The van der Waals surface area contributed by atoms with Gasteiger partial charge in [-0.1, -0.05) is 0 Å². The molecule has 0 bridgehead atoms. The standard InChI is InChI=1S/C19H20FN5/c1-14-11-15(4-5-17(14)20)25-12-16-3-2-8-24(16)19(25)23-9-6-18-21-7-10-22(18)13-23/h4-7,9-12,19H,2-3,8,13H2,1H3. The Morgan fingerprint density at radius 3 is 3.08 bits per heavy atom. The third-order valence-electron chi connectivity index (χ3n) is 5.23. The van der Waals surface area contributed by atoms with Crippen LogP contribution in [0.15, 0.2) is 48.7 Å². The number of rotatable bonds is 2. The fraction of sp³-hybridized carbons (Fsp3) is 0.316. The molecule has 1 unspecified atom stereocenters. The quantitative estimate of drug-likeness (QED) is 0.840. The van der Waals surface area contributed by atoms with Crippen LogP contribution in [0.4, 0.5) is 10.1 Å². The monoisotopic (exact) mass is 337 g/mol. The second kappa shape index (κ2) is 5.37. The SMILES string of the molecule is Cc1cc(N2C=C3CCCN3C2N2C=Cc3nccn3C2)ccc1F. The van der Waals surface area contributed by atoms with E-state index in [1.807, 2.05) is 37.5 Å². The van der Waals surface area contributed by atoms with Gasteiger partial charge in [0.2, 0.25) is 0 Å². The Kier molecular flexibility index (Phi) is 3.13. The van der Waals surface area contributed by atoms with Crippen LogP contribution in [-0.2, 0) is 6.67 Å². The molecule has 128 valence electrons. The smallest absolute Gasteiger partial charge is 0.185 e. The zero-order valence-electron chi connectivity index (χ0n) is 14.1. The lowest BCUT2D eigenvalue weighted by Gasteiger charge is -2.41. The molecule has 1 fully saturated rings. The van der Waals surface area contributed by atoms with Crippen molar-refractivity contribution in [1.29, 1.82) is 0 Å². The van der Waals surface area contributed by atoms with Crippen LogP contribution in [0, 0.1) is 12.7 Å². The Bertz CT molecular complexity index is 884. The summed E-state index contributed by atoms with van der Waals surface area (Å²) in [6, 6.07) is 5.35. The predicted molar refractivity (Wildman–Crippen MR) is 94.5 cm³/mol. The maximum atomic E-state index is 13.7. The van der Waals surface area contributed by atoms with E-state index in [1.165, 1.54) is 12.1 Å². The van der Waals surface area contributed by atoms with Crippen molar-refractivity contribution < 1.29 is 4.39 Å². The van der Waals surface area contributed by atoms with Crippen LogP contribution < -0.4 is 4.90 Å². The van der Waals surface area contributed by atoms with Crippen molar-refractivity contribution in [2.75, 3.05) is 11.4 Å². The number of benzene rings is 1. The van der Waals surface area contributed by atoms with E-state index in [4.69, 9.17) is 0 Å². The van der Waals surface area contributed by atoms with Crippen LogP contribution in [0.1, 0.15) is 24.2 Å². The molecular formula is C19H20FN5. The van der Waals surface area contributed by atoms with E-state index in [0.717, 1.165) is 31.1 Å². The van der Waals surface area contributed by atoms with Gasteiger partial charge in [0.1, 0.15) is 11.6 Å². The molecule has 4 heterocycles. The molecule has 1 aromatic carbocycles. The average molecular weight is 337 g/mol. The fourth-order valence-electron chi connectivity index (χ4n) is 3.97. The highest BCUT2D eigenvalue weighted by Crippen LogP contribution is 2.37. The molecule has 0 radical (unpaired) electrons. The van der Waals surface area contributed by atoms with E-state index in [0.29, 0.717) is 5.56 Å². The summed E-state index contributed by atoms with van der Waals surface area (Å²) in [5, 5.41) is 0. The number of allylic oxidation sites excluding steroid dienone is 1. The molecule has 5 rings (SSSR count). The summed E-state index contributed by atoms with van der Waals surface area (Å²) in [4.78, 5) is 11.4. The van der Waals surface area contributed by atoms with E-state index in [9.17, 15) is 4.39 Å². The van der Waals surface area contributed by atoms with Crippen LogP contribution in [0.2, 0.25) is 0 Å². The third kappa shape index (κ3) is 2.24. The van der Waals surface area contributed by atoms with E-state index in [1.54, 1.807) is 6.07 Å². The topological polar surface area (TPSA) is 27.5 Å². The molecule has 3 aliphatic heterocycles. The normalized spacial score (nSPS) is 21.6. The van der Waals surface area contributed by atoms with Crippen LogP contribution in [0.5, 0.6) is 0 Å². The van der Waals surface area contributed by atoms with Gasteiger partial charge in [-0.25, -0.2) is 9.37 Å². The number of fused-ring (bicyclic) bond motifs is 2. The molecule has 1 atom stereocenters. The number of aryl methyl sites for hydroxylation is 1. The first-order valence-corrected chi connectivity index (χ1v) is 8.68. The number of anilines is 1. The van der Waals surface area contributed by atoms with Gasteiger partial charge in [0.05, 0.1) is 6.67 Å². The lowest BCUT2D eigenvalue weighted by Crippen LogP contribution is -2.51. The van der Waals surface area contributed by atoms with Gasteiger partial charge in [-0.05, 0) is 49.6 Å². The maximum Gasteiger partial charge on any atom is 0.185 e. The summed E-state index contributed by atoms with van der Waals surface area (Å²) in [5.41, 5.74) is 3.06. The first kappa shape index (κ1) is 14.6. The molecule has 2 aromatic rings. The number of nitrogens with zero attached hydrogens (tertiary/aromatic N) is 5. The molecule has 6 heteroatoms. The van der Waals surface area contributed by atoms with Gasteiger partial charge in [0.25, 0.3) is 0 Å². The van der Waals surface area contributed by atoms with Gasteiger partial charge in [-0.15, -0.1) is 0 Å². The van der Waals surface area contributed by atoms with Gasteiger partial charge in [0, 0.05) is 42.7 Å². The lowest BCUT2D eigenvalue weighted by molar-refractivity contribution is 0.110. The molecule has 1 aromatic heterocycles. The first-order chi connectivity index (χ1) is 12.2. The molecule has 5 nitrogen and oxygen atoms in total. The van der Waals surface area contributed by atoms with Crippen molar-refractivity contribution in [3.8, 4) is 0 Å². The first-order valence-electron chi connectivity index (χ1n) is 8.68. The van der Waals surface area contributed by atoms with Crippen LogP contribution in [-0.4, -0.2) is 32.2 Å². The Balaban J connectivity index is 1.52. The molecule has 0 amide bonds. The summed E-state index contributed by atoms with van der Waals surface area (Å²) < 4.78 is 15.9. The second-order valence-corrected chi connectivity index (χ2v) is 6.83. The van der Waals surface area contributed by atoms with Crippen molar-refractivity contribution in [2.24, 2.45) is 0 Å². The molecule has 25 heavy (non-hydrogen) atoms. The zero-order valence-corrected chi connectivity index (χ0v) is 14.1. The van der Waals surface area contributed by atoms with Crippen molar-refractivity contribution in [1.82, 2.24) is 19.4 Å². The van der Waals surface area contributed by atoms with E-state index < -0.39 is 0 Å². The Hall–Kier alpha value is -2.76. The Labute approximate surface area is 146 Å². The van der Waals surface area contributed by atoms with Crippen LogP contribution >= 0.6 is 0 Å². The maximum absolute atomic E-state index is 13.7. The molecule has 3 aliphatic rings. The summed E-state index contributed by atoms with van der Waals surface area (Å²) in [6.45, 7) is 3.62. The summed E-state index contributed by atoms with van der Waals surface area (Å²) >= 11 is 0. The molecular weight excluding hydrogens is 317 g/mol. The number of hydrogen-bond donors (Lipinski definition) is 0. The minimum Gasteiger partial charge on any atom is -0.336 e. The molecule has 0 saturated carbocycles. The van der Waals surface area contributed by atoms with Gasteiger partial charge in [0.15, 0.2) is 6.29 Å². The van der Waals surface area contributed by atoms with Gasteiger partial charge in [-0.2, -0.15) is 0 Å². The largest absolute Gasteiger partial charge is 0.336 e. The zero-order chi connectivity index (χ0) is 17.0. The van der Waals surface area contributed by atoms with Gasteiger partial charge in [-0.3, -0.25) is 0 Å². The third-order valence-corrected chi connectivity index (χ3v) is 5.23. The van der Waals surface area contributed by atoms with Crippen molar-refractivity contribution in [3.05, 3.63) is 65.9 Å². The Morgan fingerprint density at radius 2 is 2.20 bits per heavy atom. The summed E-state index contributed by atoms with van der Waals surface area (Å²) in [5.74, 6) is 0.821. The van der Waals surface area contributed by atoms with E-state index in [2.05, 4.69) is 36.7 Å². The Morgan fingerprint density at radius 1 is 1.28 bits per heavy atom. The van der Waals surface area contributed by atoms with Crippen molar-refractivity contribution >= 4 is 11.8 Å². The van der Waals surface area contributed by atoms with E-state index >= 15 is 0 Å². The number of halogens is 1. The van der Waals surface area contributed by atoms with Crippen LogP contribution in [0.25, 0.3) is 6.08 Å². The molecule has 0 N–H and O–H groups in total. The van der Waals surface area contributed by atoms with Gasteiger partial charge >= 0.3 is 0 Å². The van der Waals surface area contributed by atoms with Crippen molar-refractivity contribution in [2.45, 2.75) is 32.7 Å². The van der Waals surface area contributed by atoms with Gasteiger partial charge < -0.3 is 19.3 Å². The molecule has 0 spiro atoms. The predicted octanol–water partition coefficient (Wildman–Crippen LogP) is 3.32. The molecule has 0 aliphatic carbocycles. The summed E-state index contributed by atoms with van der Waals surface area (Å²) in [7, 11) is 0.